The van der Waals surface area contributed by atoms with Gasteiger partial charge in [0.25, 0.3) is 0 Å². The molecule has 3 heteroatoms. The van der Waals surface area contributed by atoms with Gasteiger partial charge < -0.3 is 0 Å². The number of aromatic nitrogens is 3. The molecule has 2 aromatic rings. The molecule has 0 aliphatic rings. The fraction of sp³-hybridized carbons (Fsp3) is 0.455. The molecule has 2 heterocycles. The topological polar surface area (TPSA) is 30.7 Å². The first kappa shape index (κ1) is 9.19. The molecule has 0 unspecified atom stereocenters. The molecule has 0 aliphatic heterocycles. The van der Waals surface area contributed by atoms with Crippen molar-refractivity contribution < 1.29 is 0 Å². The molecule has 3 nitrogen and oxygen atoms in total. The van der Waals surface area contributed by atoms with Crippen LogP contribution in [0.1, 0.15) is 26.0 Å². The van der Waals surface area contributed by atoms with E-state index in [9.17, 15) is 0 Å². The molecule has 0 bridgehead atoms. The molecule has 14 heavy (non-hydrogen) atoms. The minimum Gasteiger partial charge on any atom is -0.271 e. The molecule has 0 amide bonds. The lowest BCUT2D eigenvalue weighted by atomic mass is 10.2. The van der Waals surface area contributed by atoms with Crippen LogP contribution in [0.2, 0.25) is 0 Å². The molecule has 2 rings (SSSR count). The van der Waals surface area contributed by atoms with Gasteiger partial charge in [0.2, 0.25) is 0 Å². The van der Waals surface area contributed by atoms with Crippen LogP contribution in [-0.2, 0) is 13.0 Å². The Morgan fingerprint density at radius 2 is 2.21 bits per heavy atom. The second-order valence-corrected chi connectivity index (χ2v) is 3.48. The Hall–Kier alpha value is -1.38. The van der Waals surface area contributed by atoms with E-state index in [1.807, 2.05) is 10.9 Å². The largest absolute Gasteiger partial charge is 0.271 e. The Bertz CT molecular complexity index is 431. The highest BCUT2D eigenvalue weighted by atomic mass is 15.3. The predicted octanol–water partition coefficient (Wildman–Crippen LogP) is 2.40. The summed E-state index contributed by atoms with van der Waals surface area (Å²) >= 11 is 0. The SMILES string of the molecule is CCCn1cc2cc(CC)ncc2n1. The summed E-state index contributed by atoms with van der Waals surface area (Å²) in [7, 11) is 0. The molecule has 0 radical (unpaired) electrons. The van der Waals surface area contributed by atoms with Crippen molar-refractivity contribution in [2.45, 2.75) is 33.2 Å². The molecule has 0 aliphatic carbocycles. The Morgan fingerprint density at radius 3 is 2.93 bits per heavy atom. The van der Waals surface area contributed by atoms with E-state index >= 15 is 0 Å². The maximum Gasteiger partial charge on any atom is 0.111 e. The zero-order valence-corrected chi connectivity index (χ0v) is 8.70. The lowest BCUT2D eigenvalue weighted by Crippen LogP contribution is -1.95. The molecule has 0 N–H and O–H groups in total. The van der Waals surface area contributed by atoms with Crippen molar-refractivity contribution in [3.05, 3.63) is 24.2 Å². The zero-order valence-electron chi connectivity index (χ0n) is 8.70. The van der Waals surface area contributed by atoms with E-state index in [2.05, 4.69) is 36.2 Å². The van der Waals surface area contributed by atoms with E-state index < -0.39 is 0 Å². The normalized spacial score (nSPS) is 11.0. The number of hydrogen-bond acceptors (Lipinski definition) is 2. The van der Waals surface area contributed by atoms with Gasteiger partial charge in [-0.1, -0.05) is 13.8 Å². The molecule has 2 aromatic heterocycles. The van der Waals surface area contributed by atoms with Crippen LogP contribution >= 0.6 is 0 Å². The summed E-state index contributed by atoms with van der Waals surface area (Å²) in [5.74, 6) is 0. The number of pyridine rings is 1. The Labute approximate surface area is 83.8 Å². The molecule has 74 valence electrons. The number of fused-ring (bicyclic) bond motifs is 1. The van der Waals surface area contributed by atoms with E-state index in [0.717, 1.165) is 30.6 Å². The molecule has 0 fully saturated rings. The molecule has 0 spiro atoms. The van der Waals surface area contributed by atoms with Crippen molar-refractivity contribution in [3.8, 4) is 0 Å². The lowest BCUT2D eigenvalue weighted by molar-refractivity contribution is 0.608. The van der Waals surface area contributed by atoms with Gasteiger partial charge in [0, 0.05) is 23.8 Å². The number of hydrogen-bond donors (Lipinski definition) is 0. The molecule has 0 aromatic carbocycles. The Kier molecular flexibility index (Phi) is 2.48. The van der Waals surface area contributed by atoms with E-state index in [0.29, 0.717) is 0 Å². The smallest absolute Gasteiger partial charge is 0.111 e. The van der Waals surface area contributed by atoms with Crippen LogP contribution in [0.5, 0.6) is 0 Å². The molecular weight excluding hydrogens is 174 g/mol. The van der Waals surface area contributed by atoms with Crippen molar-refractivity contribution in [1.82, 2.24) is 14.8 Å². The van der Waals surface area contributed by atoms with Crippen molar-refractivity contribution >= 4 is 10.9 Å². The van der Waals surface area contributed by atoms with Gasteiger partial charge >= 0.3 is 0 Å². The van der Waals surface area contributed by atoms with Gasteiger partial charge in [-0.3, -0.25) is 9.67 Å². The molecular formula is C11H15N3. The Balaban J connectivity index is 2.43. The highest BCUT2D eigenvalue weighted by Gasteiger charge is 2.01. The van der Waals surface area contributed by atoms with Gasteiger partial charge in [0.05, 0.1) is 6.20 Å². The van der Waals surface area contributed by atoms with Crippen LogP contribution in [0, 0.1) is 0 Å². The van der Waals surface area contributed by atoms with Gasteiger partial charge in [0.15, 0.2) is 0 Å². The van der Waals surface area contributed by atoms with Gasteiger partial charge in [-0.15, -0.1) is 0 Å². The van der Waals surface area contributed by atoms with Crippen molar-refractivity contribution in [2.75, 3.05) is 0 Å². The van der Waals surface area contributed by atoms with Gasteiger partial charge in [-0.2, -0.15) is 5.10 Å². The summed E-state index contributed by atoms with van der Waals surface area (Å²) in [6.45, 7) is 5.25. The third kappa shape index (κ3) is 1.62. The summed E-state index contributed by atoms with van der Waals surface area (Å²) in [5.41, 5.74) is 2.13. The number of rotatable bonds is 3. The highest BCUT2D eigenvalue weighted by Crippen LogP contribution is 2.12. The summed E-state index contributed by atoms with van der Waals surface area (Å²) in [6.07, 6.45) is 6.05. The quantitative estimate of drug-likeness (QED) is 0.742. The van der Waals surface area contributed by atoms with Crippen LogP contribution < -0.4 is 0 Å². The summed E-state index contributed by atoms with van der Waals surface area (Å²) in [4.78, 5) is 4.32. The van der Waals surface area contributed by atoms with E-state index in [-0.39, 0.29) is 0 Å². The molecule has 0 atom stereocenters. The Morgan fingerprint density at radius 1 is 1.36 bits per heavy atom. The first-order valence-electron chi connectivity index (χ1n) is 5.15. The maximum atomic E-state index is 4.43. The van der Waals surface area contributed by atoms with Crippen LogP contribution in [0.25, 0.3) is 10.9 Å². The van der Waals surface area contributed by atoms with E-state index in [1.165, 1.54) is 5.39 Å². The first-order valence-corrected chi connectivity index (χ1v) is 5.15. The third-order valence-corrected chi connectivity index (χ3v) is 2.31. The average Bonchev–Trinajstić information content (AvgIpc) is 2.59. The standard InChI is InChI=1S/C11H15N3/c1-3-5-14-8-9-6-10(4-2)12-7-11(9)13-14/h6-8H,3-5H2,1-2H3. The third-order valence-electron chi connectivity index (χ3n) is 2.31. The van der Waals surface area contributed by atoms with E-state index in [4.69, 9.17) is 0 Å². The van der Waals surface area contributed by atoms with Crippen LogP contribution in [0.15, 0.2) is 18.5 Å². The lowest BCUT2D eigenvalue weighted by Gasteiger charge is -1.93. The fourth-order valence-electron chi connectivity index (χ4n) is 1.56. The van der Waals surface area contributed by atoms with E-state index in [1.54, 1.807) is 0 Å². The van der Waals surface area contributed by atoms with Crippen LogP contribution in [0.3, 0.4) is 0 Å². The maximum absolute atomic E-state index is 4.43. The van der Waals surface area contributed by atoms with Crippen LogP contribution in [0.4, 0.5) is 0 Å². The summed E-state index contributed by atoms with van der Waals surface area (Å²) < 4.78 is 1.99. The average molecular weight is 189 g/mol. The van der Waals surface area contributed by atoms with Gasteiger partial charge in [0.1, 0.15) is 5.52 Å². The second kappa shape index (κ2) is 3.78. The number of nitrogens with zero attached hydrogens (tertiary/aromatic N) is 3. The zero-order chi connectivity index (χ0) is 9.97. The monoisotopic (exact) mass is 189 g/mol. The number of aryl methyl sites for hydroxylation is 2. The van der Waals surface area contributed by atoms with Crippen LogP contribution in [-0.4, -0.2) is 14.8 Å². The van der Waals surface area contributed by atoms with Gasteiger partial charge in [-0.25, -0.2) is 0 Å². The van der Waals surface area contributed by atoms with Crippen molar-refractivity contribution in [1.29, 1.82) is 0 Å². The molecule has 0 saturated heterocycles. The van der Waals surface area contributed by atoms with Crippen molar-refractivity contribution in [2.24, 2.45) is 0 Å². The van der Waals surface area contributed by atoms with Crippen molar-refractivity contribution in [3.63, 3.8) is 0 Å². The fourth-order valence-corrected chi connectivity index (χ4v) is 1.56. The van der Waals surface area contributed by atoms with Gasteiger partial charge in [-0.05, 0) is 18.9 Å². The molecule has 0 saturated carbocycles. The summed E-state index contributed by atoms with van der Waals surface area (Å²) in [5, 5.41) is 5.63. The second-order valence-electron chi connectivity index (χ2n) is 3.48. The predicted molar refractivity (Wildman–Crippen MR) is 57.2 cm³/mol. The highest BCUT2D eigenvalue weighted by molar-refractivity contribution is 5.77. The minimum atomic E-state index is 0.981. The first-order chi connectivity index (χ1) is 6.83. The summed E-state index contributed by atoms with van der Waals surface area (Å²) in [6, 6.07) is 2.12. The minimum absolute atomic E-state index is 0.981.